The van der Waals surface area contributed by atoms with E-state index >= 15 is 0 Å². The van der Waals surface area contributed by atoms with Gasteiger partial charge in [-0.25, -0.2) is 0 Å². The Morgan fingerprint density at radius 3 is 2.30 bits per heavy atom. The first kappa shape index (κ1) is 20.8. The van der Waals surface area contributed by atoms with E-state index in [-0.39, 0.29) is 12.6 Å². The van der Waals surface area contributed by atoms with Crippen LogP contribution < -0.4 is 21.5 Å². The molecule has 3 heterocycles. The molecule has 166 valence electrons. The SMILES string of the molecule is C1=CC(c2ccc(/C=N/NC3N=CCN3)o2)=CCC=1c1ccc(/C=N/NC2N=CCN2)cc1. The van der Waals surface area contributed by atoms with E-state index in [2.05, 4.69) is 65.6 Å². The van der Waals surface area contributed by atoms with E-state index in [0.29, 0.717) is 5.76 Å². The first-order valence-electron chi connectivity index (χ1n) is 10.8. The highest BCUT2D eigenvalue weighted by molar-refractivity contribution is 5.83. The molecule has 0 fully saturated rings. The van der Waals surface area contributed by atoms with Crippen molar-refractivity contribution in [2.45, 2.75) is 19.0 Å². The van der Waals surface area contributed by atoms with Gasteiger partial charge in [0.15, 0.2) is 12.6 Å². The molecule has 1 aromatic heterocycles. The minimum atomic E-state index is -0.176. The quantitative estimate of drug-likeness (QED) is 0.285. The molecular weight excluding hydrogens is 416 g/mol. The number of hydrogen-bond acceptors (Lipinski definition) is 9. The lowest BCUT2D eigenvalue weighted by molar-refractivity contribution is 0.500. The fraction of sp³-hybridized carbons (Fsp3) is 0.208. The zero-order valence-corrected chi connectivity index (χ0v) is 17.9. The number of nitrogens with zero attached hydrogens (tertiary/aromatic N) is 4. The molecule has 9 nitrogen and oxygen atoms in total. The van der Waals surface area contributed by atoms with Crippen molar-refractivity contribution in [3.05, 3.63) is 76.9 Å². The molecule has 0 spiro atoms. The van der Waals surface area contributed by atoms with Crippen molar-refractivity contribution in [3.8, 4) is 0 Å². The maximum atomic E-state index is 5.89. The van der Waals surface area contributed by atoms with Gasteiger partial charge >= 0.3 is 0 Å². The second-order valence-electron chi connectivity index (χ2n) is 7.51. The molecule has 0 saturated heterocycles. The van der Waals surface area contributed by atoms with E-state index in [9.17, 15) is 0 Å². The number of aliphatic imine (C=N–C) groups is 2. The molecule has 0 saturated carbocycles. The highest BCUT2D eigenvalue weighted by Gasteiger charge is 2.10. The number of nitrogens with one attached hydrogen (secondary N) is 4. The number of hydrogen-bond donors (Lipinski definition) is 4. The number of furan rings is 1. The maximum Gasteiger partial charge on any atom is 0.188 e. The van der Waals surface area contributed by atoms with Crippen LogP contribution in [0, 0.1) is 0 Å². The van der Waals surface area contributed by atoms with Crippen LogP contribution in [0.2, 0.25) is 0 Å². The standard InChI is InChI=1S/C24H24N8O/c1-3-18(4-2-17(1)15-29-31-23-25-11-12-26-23)19-5-7-20(8-6-19)22-10-9-21(33-22)16-30-32-24-27-13-14-28-24/h1-4,7-11,13,15-16,23-24,26,28,31-32H,5,12,14H2/b29-15+,30-16+. The van der Waals surface area contributed by atoms with E-state index < -0.39 is 0 Å². The van der Waals surface area contributed by atoms with Crippen molar-refractivity contribution >= 4 is 36.0 Å². The van der Waals surface area contributed by atoms with Crippen LogP contribution in [0.1, 0.15) is 29.1 Å². The Kier molecular flexibility index (Phi) is 6.35. The second kappa shape index (κ2) is 10.1. The van der Waals surface area contributed by atoms with E-state index in [0.717, 1.165) is 47.5 Å². The Morgan fingerprint density at radius 2 is 1.67 bits per heavy atom. The normalized spacial score (nSPS) is 21.8. The molecule has 0 amide bonds. The van der Waals surface area contributed by atoms with Gasteiger partial charge in [-0.05, 0) is 35.8 Å². The fourth-order valence-corrected chi connectivity index (χ4v) is 3.48. The van der Waals surface area contributed by atoms with Crippen LogP contribution in [-0.2, 0) is 0 Å². The zero-order chi connectivity index (χ0) is 22.3. The molecule has 5 rings (SSSR count). The van der Waals surface area contributed by atoms with Crippen molar-refractivity contribution in [2.75, 3.05) is 13.1 Å². The molecule has 0 bridgehead atoms. The molecule has 1 aliphatic carbocycles. The van der Waals surface area contributed by atoms with Crippen molar-refractivity contribution < 1.29 is 4.42 Å². The summed E-state index contributed by atoms with van der Waals surface area (Å²) in [5.74, 6) is 1.46. The summed E-state index contributed by atoms with van der Waals surface area (Å²) in [5.41, 5.74) is 13.6. The molecule has 33 heavy (non-hydrogen) atoms. The van der Waals surface area contributed by atoms with Crippen LogP contribution in [0.15, 0.2) is 78.9 Å². The first-order chi connectivity index (χ1) is 16.3. The van der Waals surface area contributed by atoms with Crippen molar-refractivity contribution in [3.63, 3.8) is 0 Å². The molecule has 9 heteroatoms. The van der Waals surface area contributed by atoms with Gasteiger partial charge < -0.3 is 4.42 Å². The average Bonchev–Trinajstić information content (AvgIpc) is 3.64. The molecule has 2 aromatic rings. The molecule has 4 N–H and O–H groups in total. The Hall–Kier alpha value is -4.04. The van der Waals surface area contributed by atoms with Crippen LogP contribution in [0.25, 0.3) is 11.1 Å². The van der Waals surface area contributed by atoms with Crippen molar-refractivity contribution in [1.82, 2.24) is 21.5 Å². The topological polar surface area (TPSA) is 111 Å². The minimum Gasteiger partial charge on any atom is -0.455 e. The highest BCUT2D eigenvalue weighted by atomic mass is 16.3. The van der Waals surface area contributed by atoms with Crippen molar-refractivity contribution in [2.24, 2.45) is 20.2 Å². The third kappa shape index (κ3) is 5.42. The Bertz CT molecular complexity index is 1200. The fourth-order valence-electron chi connectivity index (χ4n) is 3.48. The summed E-state index contributed by atoms with van der Waals surface area (Å²) in [7, 11) is 0. The maximum absolute atomic E-state index is 5.89. The lowest BCUT2D eigenvalue weighted by Gasteiger charge is -2.08. The van der Waals surface area contributed by atoms with Crippen molar-refractivity contribution in [1.29, 1.82) is 0 Å². The van der Waals surface area contributed by atoms with E-state index in [1.807, 2.05) is 42.8 Å². The molecule has 3 aliphatic rings. The Morgan fingerprint density at radius 1 is 0.939 bits per heavy atom. The number of hydrazone groups is 2. The van der Waals surface area contributed by atoms with E-state index in [4.69, 9.17) is 4.42 Å². The molecule has 2 atom stereocenters. The number of rotatable bonds is 8. The van der Waals surface area contributed by atoms with Crippen LogP contribution in [0.5, 0.6) is 0 Å². The van der Waals surface area contributed by atoms with Gasteiger partial charge in [0.2, 0.25) is 0 Å². The molecule has 0 radical (unpaired) electrons. The van der Waals surface area contributed by atoms with Crippen LogP contribution in [-0.4, -0.2) is 50.5 Å². The summed E-state index contributed by atoms with van der Waals surface area (Å²) in [6, 6.07) is 12.1. The third-order valence-electron chi connectivity index (χ3n) is 5.21. The monoisotopic (exact) mass is 440 g/mol. The van der Waals surface area contributed by atoms with Gasteiger partial charge in [-0.15, -0.1) is 5.73 Å². The predicted octanol–water partition coefficient (Wildman–Crippen LogP) is 2.07. The van der Waals surface area contributed by atoms with Crippen LogP contribution >= 0.6 is 0 Å². The second-order valence-corrected chi connectivity index (χ2v) is 7.51. The van der Waals surface area contributed by atoms with Gasteiger partial charge in [-0.1, -0.05) is 30.3 Å². The highest BCUT2D eigenvalue weighted by Crippen LogP contribution is 2.27. The summed E-state index contributed by atoms with van der Waals surface area (Å²) in [4.78, 5) is 8.37. The molecular formula is C24H24N8O. The van der Waals surface area contributed by atoms with Gasteiger partial charge in [-0.3, -0.25) is 31.5 Å². The van der Waals surface area contributed by atoms with E-state index in [1.54, 1.807) is 12.4 Å². The minimum absolute atomic E-state index is 0.142. The first-order valence-corrected chi connectivity index (χ1v) is 10.8. The van der Waals surface area contributed by atoms with Crippen LogP contribution in [0.3, 0.4) is 0 Å². The van der Waals surface area contributed by atoms with Gasteiger partial charge in [0.05, 0.1) is 12.4 Å². The Labute approximate surface area is 191 Å². The summed E-state index contributed by atoms with van der Waals surface area (Å²) >= 11 is 0. The zero-order valence-electron chi connectivity index (χ0n) is 17.9. The molecule has 1 aromatic carbocycles. The molecule has 2 aliphatic heterocycles. The van der Waals surface area contributed by atoms with Gasteiger partial charge in [-0.2, -0.15) is 10.2 Å². The average molecular weight is 441 g/mol. The summed E-state index contributed by atoms with van der Waals surface area (Å²) < 4.78 is 5.89. The predicted molar refractivity (Wildman–Crippen MR) is 131 cm³/mol. The van der Waals surface area contributed by atoms with Gasteiger partial charge in [0, 0.05) is 36.7 Å². The summed E-state index contributed by atoms with van der Waals surface area (Å²) in [6.45, 7) is 1.51. The largest absolute Gasteiger partial charge is 0.455 e. The van der Waals surface area contributed by atoms with Crippen LogP contribution in [0.4, 0.5) is 0 Å². The lowest BCUT2D eigenvalue weighted by atomic mass is 9.97. The van der Waals surface area contributed by atoms with Gasteiger partial charge in [0.1, 0.15) is 11.5 Å². The number of benzene rings is 1. The number of allylic oxidation sites excluding steroid dienone is 3. The van der Waals surface area contributed by atoms with Gasteiger partial charge in [0.25, 0.3) is 0 Å². The Balaban J connectivity index is 1.17. The lowest BCUT2D eigenvalue weighted by Crippen LogP contribution is -2.33. The summed E-state index contributed by atoms with van der Waals surface area (Å²) in [6.07, 6.45) is 11.6. The third-order valence-corrected chi connectivity index (χ3v) is 5.21. The molecule has 2 unspecified atom stereocenters. The summed E-state index contributed by atoms with van der Waals surface area (Å²) in [5, 5.41) is 14.7. The smallest absolute Gasteiger partial charge is 0.188 e. The van der Waals surface area contributed by atoms with E-state index in [1.165, 1.54) is 0 Å².